The van der Waals surface area contributed by atoms with Crippen molar-refractivity contribution in [1.82, 2.24) is 9.88 Å². The number of nitrogens with two attached hydrogens (primary N) is 1. The highest BCUT2D eigenvalue weighted by molar-refractivity contribution is 7.89. The second kappa shape index (κ2) is 9.78. The highest BCUT2D eigenvalue weighted by Gasteiger charge is 2.27. The molecule has 1 amide bonds. The van der Waals surface area contributed by atoms with E-state index < -0.39 is 10.0 Å². The largest absolute Gasteiger partial charge is 0.497 e. The molecular formula is C24H25FN4O4S. The van der Waals surface area contributed by atoms with Crippen molar-refractivity contribution >= 4 is 27.3 Å². The van der Waals surface area contributed by atoms with Gasteiger partial charge >= 0.3 is 0 Å². The first-order valence-electron chi connectivity index (χ1n) is 10.7. The molecule has 0 bridgehead atoms. The van der Waals surface area contributed by atoms with Crippen molar-refractivity contribution < 1.29 is 22.3 Å². The van der Waals surface area contributed by atoms with Gasteiger partial charge in [0.05, 0.1) is 18.4 Å². The highest BCUT2D eigenvalue weighted by atomic mass is 32.2. The van der Waals surface area contributed by atoms with E-state index in [-0.39, 0.29) is 33.9 Å². The Morgan fingerprint density at radius 1 is 1.12 bits per heavy atom. The number of pyridine rings is 1. The molecule has 34 heavy (non-hydrogen) atoms. The number of nitrogens with zero attached hydrogens (tertiary/aromatic N) is 2. The number of benzene rings is 2. The summed E-state index contributed by atoms with van der Waals surface area (Å²) in [7, 11) is -2.50. The van der Waals surface area contributed by atoms with Crippen molar-refractivity contribution in [3.05, 3.63) is 77.7 Å². The zero-order valence-corrected chi connectivity index (χ0v) is 19.4. The number of methoxy groups -OCH3 is 1. The van der Waals surface area contributed by atoms with Crippen LogP contribution in [0.5, 0.6) is 5.75 Å². The number of halogens is 1. The molecule has 8 nitrogen and oxygen atoms in total. The fourth-order valence-electron chi connectivity index (χ4n) is 4.02. The van der Waals surface area contributed by atoms with Crippen LogP contribution >= 0.6 is 0 Å². The van der Waals surface area contributed by atoms with Gasteiger partial charge in [0.15, 0.2) is 5.03 Å². The predicted octanol–water partition coefficient (Wildman–Crippen LogP) is 3.64. The van der Waals surface area contributed by atoms with Crippen LogP contribution < -0.4 is 15.2 Å². The van der Waals surface area contributed by atoms with Crippen molar-refractivity contribution in [2.75, 3.05) is 25.5 Å². The number of rotatable bonds is 6. The van der Waals surface area contributed by atoms with E-state index in [1.807, 2.05) is 0 Å². The Kier molecular flexibility index (Phi) is 6.80. The van der Waals surface area contributed by atoms with Gasteiger partial charge < -0.3 is 15.0 Å². The standard InChI is InChI=1S/C24H25FN4O4S/c1-33-20-8-6-19(7-9-20)28-22-14-23(34(26,31)32)27-15-21(22)24(30)29-12-10-17(11-13-29)16-2-4-18(25)5-3-16/h2-9,14-15,17H,10-13H2,1H3,(H,27,28)(H2,26,31,32). The van der Waals surface area contributed by atoms with Crippen LogP contribution in [0, 0.1) is 5.82 Å². The SMILES string of the molecule is COc1ccc(Nc2cc(S(N)(=O)=O)ncc2C(=O)N2CCC(c3ccc(F)cc3)CC2)cc1. The van der Waals surface area contributed by atoms with E-state index in [9.17, 15) is 17.6 Å². The maximum atomic E-state index is 13.4. The lowest BCUT2D eigenvalue weighted by atomic mass is 9.89. The molecule has 0 atom stereocenters. The molecule has 3 aromatic rings. The smallest absolute Gasteiger partial charge is 0.257 e. The number of likely N-dealkylation sites (tertiary alicyclic amines) is 1. The first kappa shape index (κ1) is 23.7. The molecule has 2 heterocycles. The van der Waals surface area contributed by atoms with Gasteiger partial charge in [-0.3, -0.25) is 4.79 Å². The summed E-state index contributed by atoms with van der Waals surface area (Å²) in [6.45, 7) is 1.03. The lowest BCUT2D eigenvalue weighted by Crippen LogP contribution is -2.38. The van der Waals surface area contributed by atoms with Gasteiger partial charge in [0, 0.05) is 31.0 Å². The van der Waals surface area contributed by atoms with Gasteiger partial charge in [-0.2, -0.15) is 0 Å². The Balaban J connectivity index is 1.56. The van der Waals surface area contributed by atoms with Crippen LogP contribution in [0.4, 0.5) is 15.8 Å². The Hall–Kier alpha value is -3.50. The number of amides is 1. The minimum absolute atomic E-state index is 0.239. The Morgan fingerprint density at radius 2 is 1.76 bits per heavy atom. The molecule has 0 saturated carbocycles. The third-order valence-electron chi connectivity index (χ3n) is 5.89. The van der Waals surface area contributed by atoms with E-state index in [1.165, 1.54) is 24.4 Å². The minimum Gasteiger partial charge on any atom is -0.497 e. The first-order valence-corrected chi connectivity index (χ1v) is 12.3. The van der Waals surface area contributed by atoms with E-state index in [1.54, 1.807) is 48.4 Å². The summed E-state index contributed by atoms with van der Waals surface area (Å²) in [5.74, 6) is 0.362. The van der Waals surface area contributed by atoms with Gasteiger partial charge in [-0.05, 0) is 60.7 Å². The fourth-order valence-corrected chi connectivity index (χ4v) is 4.50. The molecule has 2 aromatic carbocycles. The third kappa shape index (κ3) is 5.35. The second-order valence-corrected chi connectivity index (χ2v) is 9.59. The van der Waals surface area contributed by atoms with Crippen LogP contribution in [0.2, 0.25) is 0 Å². The van der Waals surface area contributed by atoms with Gasteiger partial charge in [0.1, 0.15) is 11.6 Å². The minimum atomic E-state index is -4.06. The van der Waals surface area contributed by atoms with Crippen molar-refractivity contribution in [3.63, 3.8) is 0 Å². The summed E-state index contributed by atoms with van der Waals surface area (Å²) in [6, 6.07) is 14.7. The van der Waals surface area contributed by atoms with Crippen LogP contribution in [-0.2, 0) is 10.0 Å². The molecule has 1 aliphatic rings. The van der Waals surface area contributed by atoms with Gasteiger partial charge in [-0.15, -0.1) is 0 Å². The summed E-state index contributed by atoms with van der Waals surface area (Å²) >= 11 is 0. The first-order chi connectivity index (χ1) is 16.2. The summed E-state index contributed by atoms with van der Waals surface area (Å²) in [5, 5.41) is 8.01. The molecule has 4 rings (SSSR count). The van der Waals surface area contributed by atoms with Crippen molar-refractivity contribution in [2.24, 2.45) is 5.14 Å². The molecule has 1 fully saturated rings. The normalized spacial score (nSPS) is 14.6. The summed E-state index contributed by atoms with van der Waals surface area (Å²) in [6.07, 6.45) is 2.71. The predicted molar refractivity (Wildman–Crippen MR) is 126 cm³/mol. The molecular weight excluding hydrogens is 459 g/mol. The van der Waals surface area contributed by atoms with E-state index in [2.05, 4.69) is 10.3 Å². The molecule has 178 valence electrons. The molecule has 1 aliphatic heterocycles. The number of carbonyl (C=O) groups excluding carboxylic acids is 1. The third-order valence-corrected chi connectivity index (χ3v) is 6.70. The van der Waals surface area contributed by atoms with Gasteiger partial charge in [0.25, 0.3) is 15.9 Å². The summed E-state index contributed by atoms with van der Waals surface area (Å²) in [4.78, 5) is 19.0. The average Bonchev–Trinajstić information content (AvgIpc) is 2.84. The lowest BCUT2D eigenvalue weighted by molar-refractivity contribution is 0.0713. The number of nitrogens with one attached hydrogen (secondary N) is 1. The van der Waals surface area contributed by atoms with Gasteiger partial charge in [-0.1, -0.05) is 12.1 Å². The number of hydrogen-bond donors (Lipinski definition) is 2. The quantitative estimate of drug-likeness (QED) is 0.552. The zero-order valence-electron chi connectivity index (χ0n) is 18.6. The van der Waals surface area contributed by atoms with Crippen molar-refractivity contribution in [3.8, 4) is 5.75 Å². The lowest BCUT2D eigenvalue weighted by Gasteiger charge is -2.32. The Bertz CT molecular complexity index is 1270. The monoisotopic (exact) mass is 484 g/mol. The molecule has 0 radical (unpaired) electrons. The number of ether oxygens (including phenoxy) is 1. The highest BCUT2D eigenvalue weighted by Crippen LogP contribution is 2.31. The van der Waals surface area contributed by atoms with Gasteiger partial charge in [0.2, 0.25) is 0 Å². The molecule has 1 saturated heterocycles. The zero-order chi connectivity index (χ0) is 24.3. The fraction of sp³-hybridized carbons (Fsp3) is 0.250. The number of primary sulfonamides is 1. The molecule has 3 N–H and O–H groups in total. The number of hydrogen-bond acceptors (Lipinski definition) is 6. The van der Waals surface area contributed by atoms with Gasteiger partial charge in [-0.25, -0.2) is 22.9 Å². The van der Waals surface area contributed by atoms with E-state index in [0.29, 0.717) is 24.5 Å². The van der Waals surface area contributed by atoms with E-state index in [4.69, 9.17) is 9.88 Å². The van der Waals surface area contributed by atoms with Crippen molar-refractivity contribution in [2.45, 2.75) is 23.8 Å². The number of piperidine rings is 1. The average molecular weight is 485 g/mol. The number of anilines is 2. The number of carbonyl (C=O) groups is 1. The number of aromatic nitrogens is 1. The van der Waals surface area contributed by atoms with Crippen LogP contribution in [0.3, 0.4) is 0 Å². The van der Waals surface area contributed by atoms with Crippen LogP contribution in [0.1, 0.15) is 34.7 Å². The number of sulfonamides is 1. The summed E-state index contributed by atoms with van der Waals surface area (Å²) in [5.41, 5.74) is 2.21. The van der Waals surface area contributed by atoms with Crippen LogP contribution in [0.25, 0.3) is 0 Å². The summed E-state index contributed by atoms with van der Waals surface area (Å²) < 4.78 is 42.1. The molecule has 10 heteroatoms. The van der Waals surface area contributed by atoms with Crippen LogP contribution in [0.15, 0.2) is 65.8 Å². The van der Waals surface area contributed by atoms with E-state index in [0.717, 1.165) is 18.4 Å². The maximum Gasteiger partial charge on any atom is 0.257 e. The molecule has 0 spiro atoms. The Labute approximate surface area is 197 Å². The molecule has 0 unspecified atom stereocenters. The van der Waals surface area contributed by atoms with E-state index >= 15 is 0 Å². The molecule has 0 aliphatic carbocycles. The Morgan fingerprint density at radius 3 is 2.35 bits per heavy atom. The maximum absolute atomic E-state index is 13.4. The topological polar surface area (TPSA) is 115 Å². The molecule has 1 aromatic heterocycles. The second-order valence-electron chi connectivity index (χ2n) is 8.08. The van der Waals surface area contributed by atoms with Crippen molar-refractivity contribution in [1.29, 1.82) is 0 Å². The van der Waals surface area contributed by atoms with Crippen LogP contribution in [-0.4, -0.2) is 44.4 Å².